The maximum absolute atomic E-state index is 12.1. The zero-order chi connectivity index (χ0) is 14.0. The lowest BCUT2D eigenvalue weighted by atomic mass is 10.2. The van der Waals surface area contributed by atoms with Gasteiger partial charge in [-0.05, 0) is 46.3 Å². The summed E-state index contributed by atoms with van der Waals surface area (Å²) in [5, 5.41) is 3.62. The van der Waals surface area contributed by atoms with E-state index in [1.807, 2.05) is 0 Å². The van der Waals surface area contributed by atoms with E-state index in [2.05, 4.69) is 21.2 Å². The molecule has 2 rings (SSSR count). The van der Waals surface area contributed by atoms with Crippen molar-refractivity contribution in [3.63, 3.8) is 0 Å². The number of rotatable bonds is 2. The summed E-state index contributed by atoms with van der Waals surface area (Å²) in [6, 6.07) is 9.91. The molecule has 0 aliphatic carbocycles. The Labute approximate surface area is 128 Å². The number of hydrogen-bond acceptors (Lipinski definition) is 2. The Hall–Kier alpha value is -1.23. The van der Waals surface area contributed by atoms with E-state index in [-0.39, 0.29) is 5.91 Å². The number of halogens is 3. The molecule has 0 bridgehead atoms. The predicted octanol–water partition coefficient (Wildman–Crippen LogP) is 4.59. The molecule has 0 aliphatic heterocycles. The Morgan fingerprint density at radius 1 is 1.16 bits per heavy atom. The van der Waals surface area contributed by atoms with Gasteiger partial charge in [0.15, 0.2) is 0 Å². The van der Waals surface area contributed by atoms with E-state index >= 15 is 0 Å². The molecule has 0 heterocycles. The third kappa shape index (κ3) is 3.41. The highest BCUT2D eigenvalue weighted by atomic mass is 79.9. The van der Waals surface area contributed by atoms with Crippen molar-refractivity contribution < 1.29 is 4.79 Å². The summed E-state index contributed by atoms with van der Waals surface area (Å²) in [5.74, 6) is -0.294. The van der Waals surface area contributed by atoms with Crippen molar-refractivity contribution in [1.29, 1.82) is 0 Å². The molecule has 2 aromatic rings. The van der Waals surface area contributed by atoms with Gasteiger partial charge in [0, 0.05) is 21.4 Å². The van der Waals surface area contributed by atoms with Crippen LogP contribution in [-0.4, -0.2) is 5.91 Å². The number of anilines is 2. The Morgan fingerprint density at radius 3 is 2.42 bits per heavy atom. The van der Waals surface area contributed by atoms with Crippen molar-refractivity contribution in [3.05, 3.63) is 56.5 Å². The second-order valence-electron chi connectivity index (χ2n) is 3.82. The molecule has 3 nitrogen and oxygen atoms in total. The van der Waals surface area contributed by atoms with E-state index in [9.17, 15) is 4.79 Å². The monoisotopic (exact) mass is 358 g/mol. The number of carbonyl (C=O) groups excluding carboxylic acids is 1. The smallest absolute Gasteiger partial charge is 0.256 e. The zero-order valence-electron chi connectivity index (χ0n) is 9.58. The van der Waals surface area contributed by atoms with Crippen molar-refractivity contribution in [2.75, 3.05) is 11.1 Å². The molecule has 19 heavy (non-hydrogen) atoms. The van der Waals surface area contributed by atoms with Crippen LogP contribution in [-0.2, 0) is 0 Å². The van der Waals surface area contributed by atoms with E-state index in [0.29, 0.717) is 31.5 Å². The molecule has 0 atom stereocenters. The minimum absolute atomic E-state index is 0.294. The number of carbonyl (C=O) groups is 1. The van der Waals surface area contributed by atoms with Crippen LogP contribution in [0.2, 0.25) is 10.0 Å². The van der Waals surface area contributed by atoms with Gasteiger partial charge in [0.2, 0.25) is 0 Å². The highest BCUT2D eigenvalue weighted by Gasteiger charge is 2.12. The van der Waals surface area contributed by atoms with Crippen LogP contribution in [0.3, 0.4) is 0 Å². The Bertz CT molecular complexity index is 626. The first kappa shape index (κ1) is 14.2. The Kier molecular flexibility index (Phi) is 4.34. The summed E-state index contributed by atoms with van der Waals surface area (Å²) >= 11 is 15.0. The maximum atomic E-state index is 12.1. The van der Waals surface area contributed by atoms with Crippen LogP contribution in [0.4, 0.5) is 11.4 Å². The van der Waals surface area contributed by atoms with Gasteiger partial charge in [-0.2, -0.15) is 0 Å². The van der Waals surface area contributed by atoms with Crippen LogP contribution in [0.1, 0.15) is 10.4 Å². The third-order valence-corrected chi connectivity index (χ3v) is 3.72. The predicted molar refractivity (Wildman–Crippen MR) is 83.0 cm³/mol. The number of hydrogen-bond donors (Lipinski definition) is 2. The molecule has 1 amide bonds. The average Bonchev–Trinajstić information content (AvgIpc) is 2.31. The van der Waals surface area contributed by atoms with Gasteiger partial charge < -0.3 is 11.1 Å². The minimum atomic E-state index is -0.294. The number of amides is 1. The molecule has 0 saturated carbocycles. The quantitative estimate of drug-likeness (QED) is 0.770. The van der Waals surface area contributed by atoms with Crippen LogP contribution >= 0.6 is 39.1 Å². The SMILES string of the molecule is Nc1cccc(C(=O)Nc2cc(Cl)cc(Cl)c2)c1Br. The van der Waals surface area contributed by atoms with Gasteiger partial charge in [-0.3, -0.25) is 4.79 Å². The third-order valence-electron chi connectivity index (χ3n) is 2.39. The molecule has 0 spiro atoms. The molecule has 0 aromatic heterocycles. The largest absolute Gasteiger partial charge is 0.398 e. The molecular formula is C13H9BrCl2N2O. The van der Waals surface area contributed by atoms with Crippen molar-refractivity contribution in [3.8, 4) is 0 Å². The molecule has 0 unspecified atom stereocenters. The molecule has 0 radical (unpaired) electrons. The fraction of sp³-hybridized carbons (Fsp3) is 0. The molecule has 0 fully saturated rings. The minimum Gasteiger partial charge on any atom is -0.398 e. The number of nitrogens with one attached hydrogen (secondary N) is 1. The van der Waals surface area contributed by atoms with Gasteiger partial charge in [-0.1, -0.05) is 29.3 Å². The molecule has 2 aromatic carbocycles. The molecule has 98 valence electrons. The zero-order valence-corrected chi connectivity index (χ0v) is 12.7. The standard InChI is InChI=1S/C13H9BrCl2N2O/c14-12-10(2-1-3-11(12)17)13(19)18-9-5-7(15)4-8(16)6-9/h1-6H,17H2,(H,18,19). The molecule has 0 saturated heterocycles. The Balaban J connectivity index is 2.28. The second-order valence-corrected chi connectivity index (χ2v) is 5.49. The van der Waals surface area contributed by atoms with Crippen molar-refractivity contribution >= 4 is 56.4 Å². The lowest BCUT2D eigenvalue weighted by molar-refractivity contribution is 0.102. The molecule has 3 N–H and O–H groups in total. The molecule has 6 heteroatoms. The summed E-state index contributed by atoms with van der Waals surface area (Å²) < 4.78 is 0.556. The van der Waals surface area contributed by atoms with Gasteiger partial charge >= 0.3 is 0 Å². The van der Waals surface area contributed by atoms with Gasteiger partial charge in [-0.25, -0.2) is 0 Å². The second kappa shape index (κ2) is 5.82. The lowest BCUT2D eigenvalue weighted by Gasteiger charge is -2.09. The van der Waals surface area contributed by atoms with Crippen LogP contribution in [0, 0.1) is 0 Å². The number of nitrogens with two attached hydrogens (primary N) is 1. The van der Waals surface area contributed by atoms with Gasteiger partial charge in [0.1, 0.15) is 0 Å². The van der Waals surface area contributed by atoms with Crippen molar-refractivity contribution in [2.45, 2.75) is 0 Å². The summed E-state index contributed by atoms with van der Waals surface area (Å²) in [7, 11) is 0. The van der Waals surface area contributed by atoms with E-state index in [4.69, 9.17) is 28.9 Å². The van der Waals surface area contributed by atoms with Gasteiger partial charge in [0.05, 0.1) is 10.0 Å². The van der Waals surface area contributed by atoms with Gasteiger partial charge in [-0.15, -0.1) is 0 Å². The number of benzene rings is 2. The number of nitrogen functional groups attached to an aromatic ring is 1. The van der Waals surface area contributed by atoms with Crippen LogP contribution < -0.4 is 11.1 Å². The Morgan fingerprint density at radius 2 is 1.79 bits per heavy atom. The topological polar surface area (TPSA) is 55.1 Å². The average molecular weight is 360 g/mol. The summed E-state index contributed by atoms with van der Waals surface area (Å²) in [6.45, 7) is 0. The van der Waals surface area contributed by atoms with Crippen molar-refractivity contribution in [2.24, 2.45) is 0 Å². The fourth-order valence-corrected chi connectivity index (χ4v) is 2.52. The first-order valence-electron chi connectivity index (χ1n) is 5.29. The van der Waals surface area contributed by atoms with Crippen LogP contribution in [0.25, 0.3) is 0 Å². The lowest BCUT2D eigenvalue weighted by Crippen LogP contribution is -2.13. The first-order chi connectivity index (χ1) is 8.97. The van der Waals surface area contributed by atoms with Crippen molar-refractivity contribution in [1.82, 2.24) is 0 Å². The fourth-order valence-electron chi connectivity index (χ4n) is 1.55. The van der Waals surface area contributed by atoms with E-state index in [1.165, 1.54) is 0 Å². The summed E-state index contributed by atoms with van der Waals surface area (Å²) in [6.07, 6.45) is 0. The first-order valence-corrected chi connectivity index (χ1v) is 6.83. The normalized spacial score (nSPS) is 10.3. The van der Waals surface area contributed by atoms with E-state index in [1.54, 1.807) is 36.4 Å². The highest BCUT2D eigenvalue weighted by molar-refractivity contribution is 9.10. The van der Waals surface area contributed by atoms with Crippen LogP contribution in [0.5, 0.6) is 0 Å². The maximum Gasteiger partial charge on any atom is 0.256 e. The summed E-state index contributed by atoms with van der Waals surface area (Å²) in [5.41, 5.74) is 7.19. The van der Waals surface area contributed by atoms with E-state index in [0.717, 1.165) is 0 Å². The molecular weight excluding hydrogens is 351 g/mol. The van der Waals surface area contributed by atoms with E-state index < -0.39 is 0 Å². The highest BCUT2D eigenvalue weighted by Crippen LogP contribution is 2.26. The summed E-state index contributed by atoms with van der Waals surface area (Å²) in [4.78, 5) is 12.1. The van der Waals surface area contributed by atoms with Crippen LogP contribution in [0.15, 0.2) is 40.9 Å². The molecule has 0 aliphatic rings. The van der Waals surface area contributed by atoms with Gasteiger partial charge in [0.25, 0.3) is 5.91 Å².